The van der Waals surface area contributed by atoms with Gasteiger partial charge in [-0.1, -0.05) is 6.07 Å². The Morgan fingerprint density at radius 1 is 1.28 bits per heavy atom. The van der Waals surface area contributed by atoms with Gasteiger partial charge in [-0.2, -0.15) is 13.2 Å². The van der Waals surface area contributed by atoms with Crippen molar-refractivity contribution in [3.63, 3.8) is 0 Å². The second-order valence-electron chi connectivity index (χ2n) is 3.72. The van der Waals surface area contributed by atoms with E-state index in [9.17, 15) is 18.0 Å². The zero-order valence-corrected chi connectivity index (χ0v) is 9.54. The molecule has 0 fully saturated rings. The fourth-order valence-electron chi connectivity index (χ4n) is 1.33. The van der Waals surface area contributed by atoms with Crippen LogP contribution < -0.4 is 4.74 Å². The first kappa shape index (κ1) is 14.3. The summed E-state index contributed by atoms with van der Waals surface area (Å²) in [4.78, 5) is 10.2. The average molecular weight is 262 g/mol. The lowest BCUT2D eigenvalue weighted by atomic mass is 10.2. The quantitative estimate of drug-likeness (QED) is 0.800. The molecule has 1 aromatic rings. The first-order chi connectivity index (χ1) is 8.39. The van der Waals surface area contributed by atoms with Gasteiger partial charge in [0.2, 0.25) is 0 Å². The summed E-state index contributed by atoms with van der Waals surface area (Å²) in [7, 11) is 0. The van der Waals surface area contributed by atoms with Crippen LogP contribution >= 0.6 is 0 Å². The highest BCUT2D eigenvalue weighted by molar-refractivity contribution is 5.66. The summed E-state index contributed by atoms with van der Waals surface area (Å²) in [6, 6.07) is 4.61. The van der Waals surface area contributed by atoms with Gasteiger partial charge >= 0.3 is 12.1 Å². The van der Waals surface area contributed by atoms with E-state index >= 15 is 0 Å². The first-order valence-electron chi connectivity index (χ1n) is 5.41. The molecule has 0 unspecified atom stereocenters. The Hall–Kier alpha value is -1.72. The molecular weight excluding hydrogens is 249 g/mol. The van der Waals surface area contributed by atoms with E-state index in [4.69, 9.17) is 9.84 Å². The van der Waals surface area contributed by atoms with Crippen LogP contribution in [0.1, 0.15) is 24.8 Å². The Labute approximate surface area is 102 Å². The third kappa shape index (κ3) is 5.07. The number of benzene rings is 1. The predicted molar refractivity (Wildman–Crippen MR) is 58.4 cm³/mol. The third-order valence-electron chi connectivity index (χ3n) is 2.22. The molecule has 1 aromatic carbocycles. The largest absolute Gasteiger partial charge is 0.494 e. The molecule has 0 heterocycles. The number of ether oxygens (including phenoxy) is 1. The monoisotopic (exact) mass is 262 g/mol. The maximum absolute atomic E-state index is 12.4. The third-order valence-corrected chi connectivity index (χ3v) is 2.22. The van der Waals surface area contributed by atoms with E-state index in [1.54, 1.807) is 0 Å². The van der Waals surface area contributed by atoms with E-state index in [-0.39, 0.29) is 18.8 Å². The van der Waals surface area contributed by atoms with Crippen molar-refractivity contribution in [1.29, 1.82) is 0 Å². The van der Waals surface area contributed by atoms with Crippen molar-refractivity contribution in [2.45, 2.75) is 25.4 Å². The molecule has 100 valence electrons. The fourth-order valence-corrected chi connectivity index (χ4v) is 1.33. The van der Waals surface area contributed by atoms with E-state index in [2.05, 4.69) is 0 Å². The number of halogens is 3. The smallest absolute Gasteiger partial charge is 0.416 e. The molecule has 0 amide bonds. The van der Waals surface area contributed by atoms with Crippen molar-refractivity contribution in [1.82, 2.24) is 0 Å². The summed E-state index contributed by atoms with van der Waals surface area (Å²) in [6.45, 7) is 0.203. The van der Waals surface area contributed by atoms with Crippen LogP contribution in [-0.2, 0) is 11.0 Å². The lowest BCUT2D eigenvalue weighted by Crippen LogP contribution is -2.05. The van der Waals surface area contributed by atoms with Gasteiger partial charge in [0.15, 0.2) is 0 Å². The highest BCUT2D eigenvalue weighted by atomic mass is 19.4. The Balaban J connectivity index is 2.41. The zero-order valence-electron chi connectivity index (χ0n) is 9.54. The van der Waals surface area contributed by atoms with Gasteiger partial charge in [0.25, 0.3) is 0 Å². The van der Waals surface area contributed by atoms with E-state index in [0.29, 0.717) is 12.8 Å². The van der Waals surface area contributed by atoms with Crippen molar-refractivity contribution in [2.75, 3.05) is 6.61 Å². The van der Waals surface area contributed by atoms with Crippen LogP contribution in [0.25, 0.3) is 0 Å². The summed E-state index contributed by atoms with van der Waals surface area (Å²) in [5.74, 6) is -0.755. The maximum atomic E-state index is 12.4. The number of carboxylic acid groups (broad SMARTS) is 1. The molecule has 0 aliphatic heterocycles. The van der Waals surface area contributed by atoms with Crippen LogP contribution in [0.5, 0.6) is 5.75 Å². The number of rotatable bonds is 6. The normalized spacial score (nSPS) is 11.3. The number of carbonyl (C=O) groups is 1. The standard InChI is InChI=1S/C12H13F3O3/c13-12(14,15)9-4-3-5-10(8-9)18-7-2-1-6-11(16)17/h3-5,8H,1-2,6-7H2,(H,16,17). The molecule has 0 aliphatic rings. The van der Waals surface area contributed by atoms with Gasteiger partial charge in [0.1, 0.15) is 5.75 Å². The molecule has 0 radical (unpaired) electrons. The molecule has 1 N–H and O–H groups in total. The Morgan fingerprint density at radius 3 is 2.61 bits per heavy atom. The number of carboxylic acids is 1. The number of unbranched alkanes of at least 4 members (excludes halogenated alkanes) is 1. The molecule has 6 heteroatoms. The summed E-state index contributed by atoms with van der Waals surface area (Å²) in [6.07, 6.45) is -3.43. The van der Waals surface area contributed by atoms with Gasteiger partial charge in [-0.05, 0) is 31.0 Å². The first-order valence-corrected chi connectivity index (χ1v) is 5.41. The molecule has 0 saturated heterocycles. The van der Waals surface area contributed by atoms with Gasteiger partial charge in [0.05, 0.1) is 12.2 Å². The van der Waals surface area contributed by atoms with Crippen molar-refractivity contribution in [3.05, 3.63) is 29.8 Å². The van der Waals surface area contributed by atoms with E-state index in [1.165, 1.54) is 12.1 Å². The lowest BCUT2D eigenvalue weighted by molar-refractivity contribution is -0.138. The van der Waals surface area contributed by atoms with Gasteiger partial charge < -0.3 is 9.84 Å². The van der Waals surface area contributed by atoms with Gasteiger partial charge in [0, 0.05) is 6.42 Å². The van der Waals surface area contributed by atoms with Gasteiger partial charge in [-0.15, -0.1) is 0 Å². The van der Waals surface area contributed by atoms with Crippen LogP contribution in [0.3, 0.4) is 0 Å². The Bertz CT molecular complexity index is 402. The molecular formula is C12H13F3O3. The van der Waals surface area contributed by atoms with Crippen LogP contribution in [0.15, 0.2) is 24.3 Å². The molecule has 0 atom stereocenters. The van der Waals surface area contributed by atoms with E-state index in [1.807, 2.05) is 0 Å². The van der Waals surface area contributed by atoms with Crippen LogP contribution in [0, 0.1) is 0 Å². The van der Waals surface area contributed by atoms with E-state index in [0.717, 1.165) is 12.1 Å². The van der Waals surface area contributed by atoms with E-state index < -0.39 is 17.7 Å². The van der Waals surface area contributed by atoms with Crippen LogP contribution in [0.4, 0.5) is 13.2 Å². The second-order valence-corrected chi connectivity index (χ2v) is 3.72. The Morgan fingerprint density at radius 2 is 2.00 bits per heavy atom. The van der Waals surface area contributed by atoms with Crippen molar-refractivity contribution >= 4 is 5.97 Å². The van der Waals surface area contributed by atoms with Gasteiger partial charge in [-0.3, -0.25) is 4.79 Å². The van der Waals surface area contributed by atoms with Crippen molar-refractivity contribution in [2.24, 2.45) is 0 Å². The minimum Gasteiger partial charge on any atom is -0.494 e. The SMILES string of the molecule is O=C(O)CCCCOc1cccc(C(F)(F)F)c1. The number of alkyl halides is 3. The molecule has 0 bridgehead atoms. The van der Waals surface area contributed by atoms with Gasteiger partial charge in [-0.25, -0.2) is 0 Å². The van der Waals surface area contributed by atoms with Crippen molar-refractivity contribution < 1.29 is 27.8 Å². The summed E-state index contributed by atoms with van der Waals surface area (Å²) >= 11 is 0. The topological polar surface area (TPSA) is 46.5 Å². The summed E-state index contributed by atoms with van der Waals surface area (Å²) < 4.78 is 42.3. The highest BCUT2D eigenvalue weighted by Gasteiger charge is 2.30. The van der Waals surface area contributed by atoms with Crippen LogP contribution in [0.2, 0.25) is 0 Å². The molecule has 3 nitrogen and oxygen atoms in total. The Kier molecular flexibility index (Phi) is 5.00. The molecule has 0 aliphatic carbocycles. The fraction of sp³-hybridized carbons (Fsp3) is 0.417. The van der Waals surface area contributed by atoms with Crippen LogP contribution in [-0.4, -0.2) is 17.7 Å². The minimum atomic E-state index is -4.39. The average Bonchev–Trinajstić information content (AvgIpc) is 2.27. The number of hydrogen-bond donors (Lipinski definition) is 1. The molecule has 0 aromatic heterocycles. The zero-order chi connectivity index (χ0) is 13.6. The summed E-state index contributed by atoms with van der Waals surface area (Å²) in [5, 5.41) is 8.39. The molecule has 18 heavy (non-hydrogen) atoms. The predicted octanol–water partition coefficient (Wildman–Crippen LogP) is 3.34. The molecule has 1 rings (SSSR count). The highest BCUT2D eigenvalue weighted by Crippen LogP contribution is 2.31. The molecule has 0 saturated carbocycles. The number of hydrogen-bond acceptors (Lipinski definition) is 2. The lowest BCUT2D eigenvalue weighted by Gasteiger charge is -2.09. The van der Waals surface area contributed by atoms with Crippen molar-refractivity contribution in [3.8, 4) is 5.75 Å². The summed E-state index contributed by atoms with van der Waals surface area (Å²) in [5.41, 5.74) is -0.759. The maximum Gasteiger partial charge on any atom is 0.416 e. The second kappa shape index (κ2) is 6.28. The number of aliphatic carboxylic acids is 1. The minimum absolute atomic E-state index is 0.0337. The molecule has 0 spiro atoms.